The van der Waals surface area contributed by atoms with E-state index in [1.54, 1.807) is 0 Å². The van der Waals surface area contributed by atoms with E-state index in [0.29, 0.717) is 25.7 Å². The summed E-state index contributed by atoms with van der Waals surface area (Å²) in [6.45, 7) is 7.31. The van der Waals surface area contributed by atoms with Crippen LogP contribution in [0.15, 0.2) is 0 Å². The molecular weight excluding hydrogens is 1320 g/mol. The van der Waals surface area contributed by atoms with Crippen molar-refractivity contribution in [2.24, 2.45) is 5.92 Å². The van der Waals surface area contributed by atoms with Crippen molar-refractivity contribution in [1.82, 2.24) is 0 Å². The van der Waals surface area contributed by atoms with Gasteiger partial charge in [0.2, 0.25) is 0 Å². The molecule has 600 valence electrons. The van der Waals surface area contributed by atoms with Gasteiger partial charge in [-0.25, -0.2) is 9.13 Å². The lowest BCUT2D eigenvalue weighted by Gasteiger charge is -2.21. The molecule has 5 atom stereocenters. The molecule has 0 aliphatic rings. The SMILES string of the molecule is CCCCCCCCCCCCCCCCCCCCCC(=O)OC[C@H](COP(=O)(O)OC[C@@H](O)COP(=O)(O)OC[C@@H](COC(=O)CCCCCCCCCCCCC)OC(=O)CCCCCCCCCCCC(C)C)OC(=O)CCCCCCCCCCCCCCCCCCCCC. The Hall–Kier alpha value is -1.94. The maximum Gasteiger partial charge on any atom is 0.472 e. The number of aliphatic hydroxyl groups is 1. The quantitative estimate of drug-likeness (QED) is 0.0222. The lowest BCUT2D eigenvalue weighted by Crippen LogP contribution is -2.30. The number of unbranched alkanes of at least 4 members (excludes halogenated alkanes) is 54. The number of esters is 4. The Bertz CT molecular complexity index is 1930. The maximum absolute atomic E-state index is 13.1. The van der Waals surface area contributed by atoms with E-state index in [-0.39, 0.29) is 25.7 Å². The van der Waals surface area contributed by atoms with Gasteiger partial charge in [0.25, 0.3) is 0 Å². The summed E-state index contributed by atoms with van der Waals surface area (Å²) < 4.78 is 68.7. The minimum Gasteiger partial charge on any atom is -0.462 e. The number of hydrogen-bond donors (Lipinski definition) is 3. The van der Waals surface area contributed by atoms with E-state index in [1.165, 1.54) is 263 Å². The van der Waals surface area contributed by atoms with Crippen molar-refractivity contribution in [2.45, 2.75) is 457 Å². The van der Waals surface area contributed by atoms with Gasteiger partial charge in [-0.15, -0.1) is 0 Å². The van der Waals surface area contributed by atoms with Crippen LogP contribution in [-0.2, 0) is 65.4 Å². The molecule has 0 radical (unpaired) electrons. The molecule has 0 saturated heterocycles. The second kappa shape index (κ2) is 74.9. The van der Waals surface area contributed by atoms with Crippen molar-refractivity contribution in [3.63, 3.8) is 0 Å². The Kier molecular flexibility index (Phi) is 73.5. The van der Waals surface area contributed by atoms with Crippen molar-refractivity contribution in [3.05, 3.63) is 0 Å². The first-order valence-electron chi connectivity index (χ1n) is 42.6. The zero-order valence-electron chi connectivity index (χ0n) is 66.1. The van der Waals surface area contributed by atoms with Crippen molar-refractivity contribution in [3.8, 4) is 0 Å². The highest BCUT2D eigenvalue weighted by Crippen LogP contribution is 2.45. The predicted octanol–water partition coefficient (Wildman–Crippen LogP) is 24.8. The molecule has 101 heavy (non-hydrogen) atoms. The highest BCUT2D eigenvalue weighted by atomic mass is 31.2. The Morgan fingerprint density at radius 1 is 0.267 bits per heavy atom. The number of aliphatic hydroxyl groups excluding tert-OH is 1. The highest BCUT2D eigenvalue weighted by Gasteiger charge is 2.30. The maximum atomic E-state index is 13.1. The van der Waals surface area contributed by atoms with Crippen LogP contribution in [0.3, 0.4) is 0 Å². The molecule has 0 spiro atoms. The van der Waals surface area contributed by atoms with Crippen LogP contribution in [0.2, 0.25) is 0 Å². The van der Waals surface area contributed by atoms with E-state index in [9.17, 15) is 43.2 Å². The third kappa shape index (κ3) is 76.1. The number of phosphoric ester groups is 2. The molecule has 0 saturated carbocycles. The van der Waals surface area contributed by atoms with Crippen LogP contribution in [0.4, 0.5) is 0 Å². The summed E-state index contributed by atoms with van der Waals surface area (Å²) in [5.41, 5.74) is 0. The van der Waals surface area contributed by atoms with Crippen molar-refractivity contribution in [2.75, 3.05) is 39.6 Å². The van der Waals surface area contributed by atoms with Gasteiger partial charge in [-0.05, 0) is 31.6 Å². The largest absolute Gasteiger partial charge is 0.472 e. The Morgan fingerprint density at radius 2 is 0.455 bits per heavy atom. The number of phosphoric acid groups is 2. The van der Waals surface area contributed by atoms with Gasteiger partial charge in [-0.2, -0.15) is 0 Å². The standard InChI is InChI=1S/C82H160O17P2/c1-6-9-12-15-18-21-24-26-28-30-32-34-36-38-41-46-51-56-61-66-80(85)93-71-77(98-81(86)67-62-57-52-47-42-39-37-35-33-31-29-27-25-22-19-16-13-10-7-2)73-96-100(88,89)94-69-76(83)70-95-101(90,91)97-74-78(72-92-79(84)65-60-55-50-45-40-23-20-17-14-11-8-3)99-82(87)68-63-58-53-48-43-44-49-54-59-64-75(4)5/h75-78,83H,6-74H2,1-5H3,(H,88,89)(H,90,91)/t76-,77-,78-/m1/s1. The second-order valence-corrected chi connectivity index (χ2v) is 32.9. The van der Waals surface area contributed by atoms with Gasteiger partial charge in [0.15, 0.2) is 12.2 Å². The zero-order chi connectivity index (χ0) is 74.1. The molecule has 0 aromatic rings. The van der Waals surface area contributed by atoms with Crippen LogP contribution in [0.1, 0.15) is 439 Å². The molecule has 0 aliphatic heterocycles. The van der Waals surface area contributed by atoms with Gasteiger partial charge in [-0.3, -0.25) is 37.3 Å². The number of carbonyl (C=O) groups excluding carboxylic acids is 4. The second-order valence-electron chi connectivity index (χ2n) is 30.0. The zero-order valence-corrected chi connectivity index (χ0v) is 67.8. The molecule has 17 nitrogen and oxygen atoms in total. The average molecular weight is 1480 g/mol. The molecule has 0 fully saturated rings. The van der Waals surface area contributed by atoms with Crippen LogP contribution in [0, 0.1) is 5.92 Å². The summed E-state index contributed by atoms with van der Waals surface area (Å²) in [6.07, 6.45) is 66.7. The van der Waals surface area contributed by atoms with Gasteiger partial charge < -0.3 is 33.8 Å². The minimum absolute atomic E-state index is 0.106. The summed E-state index contributed by atoms with van der Waals surface area (Å²) in [5.74, 6) is -1.37. The van der Waals surface area contributed by atoms with Crippen LogP contribution in [0.25, 0.3) is 0 Å². The molecule has 0 amide bonds. The Morgan fingerprint density at radius 3 is 0.673 bits per heavy atom. The lowest BCUT2D eigenvalue weighted by molar-refractivity contribution is -0.161. The van der Waals surface area contributed by atoms with Gasteiger partial charge in [0.1, 0.15) is 19.3 Å². The van der Waals surface area contributed by atoms with E-state index in [1.807, 2.05) is 0 Å². The fourth-order valence-electron chi connectivity index (χ4n) is 12.8. The van der Waals surface area contributed by atoms with E-state index < -0.39 is 97.5 Å². The fourth-order valence-corrected chi connectivity index (χ4v) is 14.3. The number of rotatable bonds is 82. The fraction of sp³-hybridized carbons (Fsp3) is 0.951. The number of ether oxygens (including phenoxy) is 4. The summed E-state index contributed by atoms with van der Waals surface area (Å²) >= 11 is 0. The third-order valence-corrected chi connectivity index (χ3v) is 21.2. The Labute approximate surface area is 619 Å². The summed E-state index contributed by atoms with van der Waals surface area (Å²) in [6, 6.07) is 0. The van der Waals surface area contributed by atoms with Crippen LogP contribution < -0.4 is 0 Å². The molecule has 19 heteroatoms. The topological polar surface area (TPSA) is 237 Å². The summed E-state index contributed by atoms with van der Waals surface area (Å²) in [7, 11) is -9.92. The first-order valence-corrected chi connectivity index (χ1v) is 45.6. The van der Waals surface area contributed by atoms with Gasteiger partial charge in [-0.1, -0.05) is 388 Å². The Balaban J connectivity index is 5.22. The summed E-state index contributed by atoms with van der Waals surface area (Å²) in [4.78, 5) is 73.0. The number of hydrogen-bond acceptors (Lipinski definition) is 15. The van der Waals surface area contributed by atoms with E-state index >= 15 is 0 Å². The smallest absolute Gasteiger partial charge is 0.462 e. The molecule has 0 bridgehead atoms. The van der Waals surface area contributed by atoms with Gasteiger partial charge >= 0.3 is 39.5 Å². The van der Waals surface area contributed by atoms with Crippen LogP contribution in [0.5, 0.6) is 0 Å². The minimum atomic E-state index is -4.96. The average Bonchev–Trinajstić information content (AvgIpc) is 0.924. The molecule has 0 aromatic heterocycles. The normalized spacial score (nSPS) is 13.8. The molecule has 3 N–H and O–H groups in total. The molecule has 0 aromatic carbocycles. The van der Waals surface area contributed by atoms with Crippen LogP contribution >= 0.6 is 15.6 Å². The first kappa shape index (κ1) is 99.1. The molecule has 0 heterocycles. The summed E-state index contributed by atoms with van der Waals surface area (Å²) in [5, 5.41) is 10.6. The van der Waals surface area contributed by atoms with Crippen molar-refractivity contribution in [1.29, 1.82) is 0 Å². The molecule has 0 rings (SSSR count). The van der Waals surface area contributed by atoms with Crippen molar-refractivity contribution >= 4 is 39.5 Å². The highest BCUT2D eigenvalue weighted by molar-refractivity contribution is 7.47. The molecule has 0 aliphatic carbocycles. The molecule has 2 unspecified atom stereocenters. The lowest BCUT2D eigenvalue weighted by atomic mass is 10.0. The first-order chi connectivity index (χ1) is 49.0. The van der Waals surface area contributed by atoms with Gasteiger partial charge in [0.05, 0.1) is 26.4 Å². The van der Waals surface area contributed by atoms with Gasteiger partial charge in [0, 0.05) is 25.7 Å². The van der Waals surface area contributed by atoms with E-state index in [0.717, 1.165) is 95.8 Å². The number of carbonyl (C=O) groups is 4. The molecular formula is C82H160O17P2. The third-order valence-electron chi connectivity index (χ3n) is 19.3. The van der Waals surface area contributed by atoms with Crippen LogP contribution in [-0.4, -0.2) is 96.7 Å². The van der Waals surface area contributed by atoms with E-state index in [4.69, 9.17) is 37.0 Å². The predicted molar refractivity (Wildman–Crippen MR) is 414 cm³/mol. The monoisotopic (exact) mass is 1480 g/mol. The van der Waals surface area contributed by atoms with E-state index in [2.05, 4.69) is 34.6 Å². The van der Waals surface area contributed by atoms with Crippen molar-refractivity contribution < 1.29 is 80.2 Å².